The number of nitrogens with zero attached hydrogens (tertiary/aromatic N) is 1. The fraction of sp³-hybridized carbons (Fsp3) is 0.455. The minimum Gasteiger partial charge on any atom is -0.376 e. The number of nitrogens with two attached hydrogens (primary N) is 1. The maximum Gasteiger partial charge on any atom is 0.239 e. The van der Waals surface area contributed by atoms with Gasteiger partial charge in [0.25, 0.3) is 0 Å². The summed E-state index contributed by atoms with van der Waals surface area (Å²) in [6.45, 7) is 5.03. The fourth-order valence-corrected chi connectivity index (χ4v) is 1.18. The number of hydrazine groups is 1. The normalized spacial score (nSPS) is 10.1. The molecule has 0 saturated carbocycles. The Morgan fingerprint density at radius 2 is 2.29 bits per heavy atom. The van der Waals surface area contributed by atoms with Crippen LogP contribution >= 0.6 is 0 Å². The third-order valence-electron chi connectivity index (χ3n) is 2.07. The molecular weight excluding hydrogens is 218 g/mol. The van der Waals surface area contributed by atoms with Crippen LogP contribution in [0.1, 0.15) is 13.8 Å². The molecule has 94 valence electrons. The van der Waals surface area contributed by atoms with Crippen molar-refractivity contribution in [2.45, 2.75) is 13.8 Å². The van der Waals surface area contributed by atoms with Gasteiger partial charge in [-0.3, -0.25) is 4.79 Å². The van der Waals surface area contributed by atoms with Gasteiger partial charge in [-0.2, -0.15) is 0 Å². The van der Waals surface area contributed by atoms with E-state index in [9.17, 15) is 4.79 Å². The number of aromatic nitrogens is 1. The molecule has 0 aromatic carbocycles. The molecule has 1 amide bonds. The molecule has 0 unspecified atom stereocenters. The smallest absolute Gasteiger partial charge is 0.239 e. The van der Waals surface area contributed by atoms with Gasteiger partial charge in [0, 0.05) is 24.5 Å². The molecule has 6 heteroatoms. The van der Waals surface area contributed by atoms with Crippen LogP contribution in [0.25, 0.3) is 0 Å². The lowest BCUT2D eigenvalue weighted by atomic mass is 10.2. The molecule has 0 fully saturated rings. The van der Waals surface area contributed by atoms with Crippen LogP contribution in [-0.2, 0) is 4.79 Å². The molecular formula is C11H19N5O. The first-order chi connectivity index (χ1) is 8.11. The second-order valence-electron chi connectivity index (χ2n) is 4.13. The third-order valence-corrected chi connectivity index (χ3v) is 2.07. The SMILES string of the molecule is CC(C)CNC(=O)CNc1ccnc(NN)c1. The minimum atomic E-state index is -0.0298. The van der Waals surface area contributed by atoms with Crippen LogP contribution in [0, 0.1) is 5.92 Å². The number of carbonyl (C=O) groups is 1. The fourth-order valence-electron chi connectivity index (χ4n) is 1.18. The monoisotopic (exact) mass is 237 g/mol. The van der Waals surface area contributed by atoms with Crippen molar-refractivity contribution in [3.05, 3.63) is 18.3 Å². The Morgan fingerprint density at radius 1 is 1.53 bits per heavy atom. The highest BCUT2D eigenvalue weighted by Gasteiger charge is 2.02. The maximum absolute atomic E-state index is 11.4. The number of nitrogen functional groups attached to an aromatic ring is 1. The van der Waals surface area contributed by atoms with Crippen molar-refractivity contribution in [3.63, 3.8) is 0 Å². The van der Waals surface area contributed by atoms with Crippen molar-refractivity contribution in [3.8, 4) is 0 Å². The van der Waals surface area contributed by atoms with E-state index in [1.165, 1.54) is 0 Å². The molecule has 0 bridgehead atoms. The number of pyridine rings is 1. The van der Waals surface area contributed by atoms with Gasteiger partial charge in [-0.05, 0) is 12.0 Å². The topological polar surface area (TPSA) is 92.1 Å². The van der Waals surface area contributed by atoms with Crippen LogP contribution in [0.5, 0.6) is 0 Å². The summed E-state index contributed by atoms with van der Waals surface area (Å²) < 4.78 is 0. The summed E-state index contributed by atoms with van der Waals surface area (Å²) in [6, 6.07) is 3.51. The zero-order valence-electron chi connectivity index (χ0n) is 10.2. The van der Waals surface area contributed by atoms with Gasteiger partial charge in [-0.25, -0.2) is 10.8 Å². The summed E-state index contributed by atoms with van der Waals surface area (Å²) in [6.07, 6.45) is 1.61. The highest BCUT2D eigenvalue weighted by atomic mass is 16.1. The van der Waals surface area contributed by atoms with Gasteiger partial charge in [0.2, 0.25) is 5.91 Å². The van der Waals surface area contributed by atoms with Crippen LogP contribution in [0.3, 0.4) is 0 Å². The van der Waals surface area contributed by atoms with Crippen LogP contribution in [-0.4, -0.2) is 24.0 Å². The Kier molecular flexibility index (Phi) is 5.22. The second-order valence-corrected chi connectivity index (χ2v) is 4.13. The summed E-state index contributed by atoms with van der Waals surface area (Å²) in [5.74, 6) is 6.21. The standard InChI is InChI=1S/C11H19N5O/c1-8(2)6-15-11(17)7-14-9-3-4-13-10(5-9)16-12/h3-5,8H,6-7,12H2,1-2H3,(H,15,17)(H2,13,14,16). The predicted octanol–water partition coefficient (Wildman–Crippen LogP) is 0.551. The Hall–Kier alpha value is -1.82. The van der Waals surface area contributed by atoms with Crippen molar-refractivity contribution in [1.29, 1.82) is 0 Å². The molecule has 17 heavy (non-hydrogen) atoms. The molecule has 0 aliphatic rings. The molecule has 5 N–H and O–H groups in total. The van der Waals surface area contributed by atoms with E-state index in [0.717, 1.165) is 5.69 Å². The minimum absolute atomic E-state index is 0.0298. The molecule has 0 spiro atoms. The van der Waals surface area contributed by atoms with E-state index in [-0.39, 0.29) is 12.5 Å². The summed E-state index contributed by atoms with van der Waals surface area (Å²) in [4.78, 5) is 15.4. The molecule has 0 aliphatic heterocycles. The van der Waals surface area contributed by atoms with E-state index >= 15 is 0 Å². The Labute approximate surface area is 101 Å². The Morgan fingerprint density at radius 3 is 2.94 bits per heavy atom. The lowest BCUT2D eigenvalue weighted by Crippen LogP contribution is -2.32. The van der Waals surface area contributed by atoms with Crippen molar-refractivity contribution in [1.82, 2.24) is 10.3 Å². The number of anilines is 2. The number of carbonyl (C=O) groups excluding carboxylic acids is 1. The van der Waals surface area contributed by atoms with E-state index in [1.807, 2.05) is 0 Å². The summed E-state index contributed by atoms with van der Waals surface area (Å²) in [5.41, 5.74) is 3.24. The number of hydrogen-bond donors (Lipinski definition) is 4. The Balaban J connectivity index is 2.36. The van der Waals surface area contributed by atoms with Crippen LogP contribution in [0.2, 0.25) is 0 Å². The van der Waals surface area contributed by atoms with Gasteiger partial charge < -0.3 is 16.1 Å². The number of rotatable bonds is 6. The van der Waals surface area contributed by atoms with Crippen LogP contribution in [0.4, 0.5) is 11.5 Å². The molecule has 0 atom stereocenters. The van der Waals surface area contributed by atoms with Gasteiger partial charge in [-0.1, -0.05) is 13.8 Å². The lowest BCUT2D eigenvalue weighted by molar-refractivity contribution is -0.119. The average molecular weight is 237 g/mol. The Bertz CT molecular complexity index is 367. The van der Waals surface area contributed by atoms with Gasteiger partial charge in [0.05, 0.1) is 6.54 Å². The van der Waals surface area contributed by atoms with Crippen LogP contribution < -0.4 is 21.9 Å². The number of nitrogens with one attached hydrogen (secondary N) is 3. The molecule has 1 aromatic rings. The number of hydrogen-bond acceptors (Lipinski definition) is 5. The predicted molar refractivity (Wildman–Crippen MR) is 68.4 cm³/mol. The number of amides is 1. The van der Waals surface area contributed by atoms with Gasteiger partial charge in [0.1, 0.15) is 5.82 Å². The van der Waals surface area contributed by atoms with E-state index in [1.54, 1.807) is 18.3 Å². The van der Waals surface area contributed by atoms with E-state index in [0.29, 0.717) is 18.3 Å². The van der Waals surface area contributed by atoms with Crippen molar-refractivity contribution < 1.29 is 4.79 Å². The zero-order valence-corrected chi connectivity index (χ0v) is 10.2. The molecule has 1 aromatic heterocycles. The molecule has 6 nitrogen and oxygen atoms in total. The largest absolute Gasteiger partial charge is 0.376 e. The van der Waals surface area contributed by atoms with Crippen molar-refractivity contribution in [2.75, 3.05) is 23.8 Å². The van der Waals surface area contributed by atoms with Crippen LogP contribution in [0.15, 0.2) is 18.3 Å². The van der Waals surface area contributed by atoms with Gasteiger partial charge >= 0.3 is 0 Å². The van der Waals surface area contributed by atoms with E-state index in [4.69, 9.17) is 5.84 Å². The third kappa shape index (κ3) is 5.17. The molecule has 0 saturated heterocycles. The van der Waals surface area contributed by atoms with Gasteiger partial charge in [0.15, 0.2) is 0 Å². The molecule has 0 radical (unpaired) electrons. The highest BCUT2D eigenvalue weighted by Crippen LogP contribution is 2.09. The van der Waals surface area contributed by atoms with Crippen molar-refractivity contribution in [2.24, 2.45) is 11.8 Å². The average Bonchev–Trinajstić information content (AvgIpc) is 2.34. The summed E-state index contributed by atoms with van der Waals surface area (Å²) in [5, 5.41) is 5.82. The van der Waals surface area contributed by atoms with E-state index < -0.39 is 0 Å². The molecule has 1 rings (SSSR count). The molecule has 1 heterocycles. The van der Waals surface area contributed by atoms with E-state index in [2.05, 4.69) is 34.9 Å². The summed E-state index contributed by atoms with van der Waals surface area (Å²) >= 11 is 0. The lowest BCUT2D eigenvalue weighted by Gasteiger charge is -2.09. The van der Waals surface area contributed by atoms with Gasteiger partial charge in [-0.15, -0.1) is 0 Å². The van der Waals surface area contributed by atoms with Crippen molar-refractivity contribution >= 4 is 17.4 Å². The first-order valence-electron chi connectivity index (χ1n) is 5.55. The summed E-state index contributed by atoms with van der Waals surface area (Å²) in [7, 11) is 0. The first-order valence-corrected chi connectivity index (χ1v) is 5.55. The zero-order chi connectivity index (χ0) is 12.7. The second kappa shape index (κ2) is 6.70. The maximum atomic E-state index is 11.4. The highest BCUT2D eigenvalue weighted by molar-refractivity contribution is 5.80. The molecule has 0 aliphatic carbocycles. The first kappa shape index (κ1) is 13.2. The quantitative estimate of drug-likeness (QED) is 0.428.